The van der Waals surface area contributed by atoms with Crippen molar-refractivity contribution >= 4 is 27.7 Å². The van der Waals surface area contributed by atoms with Gasteiger partial charge in [-0.2, -0.15) is 16.7 Å². The Morgan fingerprint density at radius 2 is 2.13 bits per heavy atom. The lowest BCUT2D eigenvalue weighted by molar-refractivity contribution is 0.614. The standard InChI is InChI=1S/C10H15BrN2OS/c1-7-9(11)8(2)13(10(14)12-7)5-4-6-15-3/h4-6H2,1-3H3. The monoisotopic (exact) mass is 290 g/mol. The molecule has 0 spiro atoms. The Labute approximate surface area is 102 Å². The second-order valence-corrected chi connectivity index (χ2v) is 5.16. The van der Waals surface area contributed by atoms with Crippen molar-refractivity contribution in [1.29, 1.82) is 0 Å². The molecule has 84 valence electrons. The number of rotatable bonds is 4. The van der Waals surface area contributed by atoms with Gasteiger partial charge in [0.25, 0.3) is 0 Å². The molecule has 0 aliphatic heterocycles. The lowest BCUT2D eigenvalue weighted by atomic mass is 10.3. The van der Waals surface area contributed by atoms with Gasteiger partial charge in [-0.05, 0) is 48.2 Å². The maximum Gasteiger partial charge on any atom is 0.348 e. The predicted octanol–water partition coefficient (Wildman–Crippen LogP) is 2.38. The fourth-order valence-electron chi connectivity index (χ4n) is 1.41. The number of hydrogen-bond acceptors (Lipinski definition) is 3. The van der Waals surface area contributed by atoms with E-state index in [9.17, 15) is 4.79 Å². The summed E-state index contributed by atoms with van der Waals surface area (Å²) in [5.41, 5.74) is 1.58. The molecule has 0 N–H and O–H groups in total. The fourth-order valence-corrected chi connectivity index (χ4v) is 2.13. The van der Waals surface area contributed by atoms with Crippen LogP contribution in [0.2, 0.25) is 0 Å². The van der Waals surface area contributed by atoms with Crippen LogP contribution in [0.1, 0.15) is 17.8 Å². The number of nitrogens with zero attached hydrogens (tertiary/aromatic N) is 2. The van der Waals surface area contributed by atoms with Gasteiger partial charge in [0.15, 0.2) is 0 Å². The molecule has 0 aromatic carbocycles. The van der Waals surface area contributed by atoms with E-state index in [0.717, 1.165) is 34.6 Å². The first-order valence-corrected chi connectivity index (χ1v) is 6.99. The lowest BCUT2D eigenvalue weighted by Gasteiger charge is -2.11. The van der Waals surface area contributed by atoms with Gasteiger partial charge < -0.3 is 0 Å². The van der Waals surface area contributed by atoms with Crippen LogP contribution in [0.5, 0.6) is 0 Å². The van der Waals surface area contributed by atoms with Gasteiger partial charge in [-0.25, -0.2) is 4.79 Å². The van der Waals surface area contributed by atoms with E-state index < -0.39 is 0 Å². The zero-order valence-corrected chi connectivity index (χ0v) is 11.6. The highest BCUT2D eigenvalue weighted by Crippen LogP contribution is 2.16. The second-order valence-electron chi connectivity index (χ2n) is 3.38. The van der Waals surface area contributed by atoms with Crippen LogP contribution in [-0.4, -0.2) is 21.6 Å². The van der Waals surface area contributed by atoms with E-state index in [1.165, 1.54) is 0 Å². The summed E-state index contributed by atoms with van der Waals surface area (Å²) >= 11 is 5.24. The molecule has 0 aliphatic rings. The van der Waals surface area contributed by atoms with Crippen LogP contribution in [-0.2, 0) is 6.54 Å². The van der Waals surface area contributed by atoms with E-state index in [1.54, 1.807) is 16.3 Å². The Bertz CT molecular complexity index is 403. The van der Waals surface area contributed by atoms with E-state index in [2.05, 4.69) is 27.2 Å². The van der Waals surface area contributed by atoms with Crippen molar-refractivity contribution in [3.8, 4) is 0 Å². The Hall–Kier alpha value is -0.290. The average molecular weight is 291 g/mol. The van der Waals surface area contributed by atoms with Gasteiger partial charge in [-0.1, -0.05) is 0 Å². The van der Waals surface area contributed by atoms with Crippen molar-refractivity contribution in [2.75, 3.05) is 12.0 Å². The molecule has 0 saturated carbocycles. The van der Waals surface area contributed by atoms with Crippen molar-refractivity contribution < 1.29 is 0 Å². The first kappa shape index (κ1) is 12.8. The second kappa shape index (κ2) is 5.70. The van der Waals surface area contributed by atoms with Crippen LogP contribution >= 0.6 is 27.7 Å². The normalized spacial score (nSPS) is 10.7. The van der Waals surface area contributed by atoms with Crippen LogP contribution in [0.4, 0.5) is 0 Å². The molecular formula is C10H15BrN2OS. The lowest BCUT2D eigenvalue weighted by Crippen LogP contribution is -2.26. The zero-order chi connectivity index (χ0) is 11.4. The summed E-state index contributed by atoms with van der Waals surface area (Å²) < 4.78 is 2.67. The molecule has 0 bridgehead atoms. The van der Waals surface area contributed by atoms with Gasteiger partial charge in [0, 0.05) is 12.2 Å². The van der Waals surface area contributed by atoms with Gasteiger partial charge in [0.1, 0.15) is 0 Å². The minimum absolute atomic E-state index is 0.144. The average Bonchev–Trinajstić information content (AvgIpc) is 2.20. The predicted molar refractivity (Wildman–Crippen MR) is 68.7 cm³/mol. The molecule has 0 saturated heterocycles. The highest BCUT2D eigenvalue weighted by Gasteiger charge is 2.08. The molecule has 0 unspecified atom stereocenters. The van der Waals surface area contributed by atoms with Crippen molar-refractivity contribution in [2.24, 2.45) is 0 Å². The van der Waals surface area contributed by atoms with Crippen molar-refractivity contribution in [3.63, 3.8) is 0 Å². The zero-order valence-electron chi connectivity index (χ0n) is 9.21. The van der Waals surface area contributed by atoms with E-state index in [-0.39, 0.29) is 5.69 Å². The molecule has 1 rings (SSSR count). The van der Waals surface area contributed by atoms with E-state index in [0.29, 0.717) is 0 Å². The highest BCUT2D eigenvalue weighted by molar-refractivity contribution is 9.10. The van der Waals surface area contributed by atoms with Crippen molar-refractivity contribution in [2.45, 2.75) is 26.8 Å². The quantitative estimate of drug-likeness (QED) is 0.799. The highest BCUT2D eigenvalue weighted by atomic mass is 79.9. The summed E-state index contributed by atoms with van der Waals surface area (Å²) in [7, 11) is 0. The molecular weight excluding hydrogens is 276 g/mol. The van der Waals surface area contributed by atoms with Crippen LogP contribution in [0.25, 0.3) is 0 Å². The molecule has 0 aliphatic carbocycles. The number of aromatic nitrogens is 2. The Morgan fingerprint density at radius 3 is 2.73 bits per heavy atom. The molecule has 15 heavy (non-hydrogen) atoms. The topological polar surface area (TPSA) is 34.9 Å². The Balaban J connectivity index is 2.97. The molecule has 1 aromatic heterocycles. The van der Waals surface area contributed by atoms with Crippen LogP contribution in [0.15, 0.2) is 9.27 Å². The summed E-state index contributed by atoms with van der Waals surface area (Å²) in [4.78, 5) is 15.6. The van der Waals surface area contributed by atoms with Gasteiger partial charge in [0.2, 0.25) is 0 Å². The van der Waals surface area contributed by atoms with E-state index in [4.69, 9.17) is 0 Å². The maximum absolute atomic E-state index is 11.6. The summed E-state index contributed by atoms with van der Waals surface area (Å²) in [6.07, 6.45) is 3.07. The Morgan fingerprint density at radius 1 is 1.47 bits per heavy atom. The molecule has 1 aromatic rings. The third kappa shape index (κ3) is 3.08. The van der Waals surface area contributed by atoms with E-state index in [1.807, 2.05) is 13.8 Å². The van der Waals surface area contributed by atoms with Crippen LogP contribution < -0.4 is 5.69 Å². The van der Waals surface area contributed by atoms with Gasteiger partial charge in [0.05, 0.1) is 10.2 Å². The summed E-state index contributed by atoms with van der Waals surface area (Å²) in [5, 5.41) is 0. The fraction of sp³-hybridized carbons (Fsp3) is 0.600. The maximum atomic E-state index is 11.6. The third-order valence-corrected chi connectivity index (χ3v) is 4.11. The molecule has 0 fully saturated rings. The molecule has 3 nitrogen and oxygen atoms in total. The van der Waals surface area contributed by atoms with E-state index >= 15 is 0 Å². The minimum Gasteiger partial charge on any atom is -0.295 e. The molecule has 0 radical (unpaired) electrons. The molecule has 0 amide bonds. The number of halogens is 1. The smallest absolute Gasteiger partial charge is 0.295 e. The Kier molecular flexibility index (Phi) is 4.86. The van der Waals surface area contributed by atoms with Gasteiger partial charge in [-0.15, -0.1) is 0 Å². The SMILES string of the molecule is CSCCCn1c(C)c(Br)c(C)nc1=O. The minimum atomic E-state index is -0.144. The third-order valence-electron chi connectivity index (χ3n) is 2.26. The van der Waals surface area contributed by atoms with Crippen molar-refractivity contribution in [3.05, 3.63) is 26.3 Å². The molecule has 5 heteroatoms. The molecule has 1 heterocycles. The first-order chi connectivity index (χ1) is 7.07. The van der Waals surface area contributed by atoms with Crippen LogP contribution in [0.3, 0.4) is 0 Å². The summed E-state index contributed by atoms with van der Waals surface area (Å²) in [6.45, 7) is 4.53. The van der Waals surface area contributed by atoms with Crippen molar-refractivity contribution in [1.82, 2.24) is 9.55 Å². The first-order valence-electron chi connectivity index (χ1n) is 4.80. The van der Waals surface area contributed by atoms with Gasteiger partial charge >= 0.3 is 5.69 Å². The molecule has 0 atom stereocenters. The number of hydrogen-bond donors (Lipinski definition) is 0. The largest absolute Gasteiger partial charge is 0.348 e. The van der Waals surface area contributed by atoms with Crippen LogP contribution in [0, 0.1) is 13.8 Å². The number of thioether (sulfide) groups is 1. The van der Waals surface area contributed by atoms with Gasteiger partial charge in [-0.3, -0.25) is 4.57 Å². The summed E-state index contributed by atoms with van der Waals surface area (Å²) in [5.74, 6) is 1.07. The summed E-state index contributed by atoms with van der Waals surface area (Å²) in [6, 6.07) is 0. The number of aryl methyl sites for hydroxylation is 1.